The van der Waals surface area contributed by atoms with Crippen LogP contribution in [0.4, 0.5) is 0 Å². The van der Waals surface area contributed by atoms with E-state index in [-0.39, 0.29) is 5.91 Å². The van der Waals surface area contributed by atoms with Crippen molar-refractivity contribution >= 4 is 33.2 Å². The van der Waals surface area contributed by atoms with Crippen LogP contribution in [-0.2, 0) is 0 Å². The predicted octanol–water partition coefficient (Wildman–Crippen LogP) is 3.69. The molecule has 2 unspecified atom stereocenters. The number of nitrogens with zero attached hydrogens (tertiary/aromatic N) is 1. The Bertz CT molecular complexity index is 447. The fraction of sp³-hybridized carbons (Fsp3) is 0.714. The fourth-order valence-corrected chi connectivity index (χ4v) is 4.49. The van der Waals surface area contributed by atoms with Crippen molar-refractivity contribution in [1.82, 2.24) is 10.3 Å². The lowest BCUT2D eigenvalue weighted by Gasteiger charge is -2.30. The average Bonchev–Trinajstić information content (AvgIpc) is 2.75. The zero-order valence-electron chi connectivity index (χ0n) is 11.5. The number of halogens is 1. The van der Waals surface area contributed by atoms with Crippen LogP contribution in [0.15, 0.2) is 0 Å². The SMILES string of the molecule is Cc1nc(C)c(C(=O)NCC2CCCCC2CBr)s1. The lowest BCUT2D eigenvalue weighted by atomic mass is 9.80. The Labute approximate surface area is 127 Å². The van der Waals surface area contributed by atoms with Gasteiger partial charge in [-0.3, -0.25) is 4.79 Å². The number of rotatable bonds is 4. The third kappa shape index (κ3) is 3.78. The molecular formula is C14H21BrN2OS. The third-order valence-electron chi connectivity index (χ3n) is 3.90. The van der Waals surface area contributed by atoms with E-state index in [1.54, 1.807) is 0 Å². The van der Waals surface area contributed by atoms with E-state index in [0.29, 0.717) is 11.8 Å². The van der Waals surface area contributed by atoms with Gasteiger partial charge in [0, 0.05) is 11.9 Å². The molecule has 1 fully saturated rings. The van der Waals surface area contributed by atoms with Gasteiger partial charge in [0.05, 0.1) is 10.7 Å². The van der Waals surface area contributed by atoms with Gasteiger partial charge in [-0.1, -0.05) is 28.8 Å². The summed E-state index contributed by atoms with van der Waals surface area (Å²) in [7, 11) is 0. The molecule has 2 atom stereocenters. The van der Waals surface area contributed by atoms with Gasteiger partial charge in [-0.15, -0.1) is 11.3 Å². The van der Waals surface area contributed by atoms with Gasteiger partial charge in [0.1, 0.15) is 4.88 Å². The van der Waals surface area contributed by atoms with Crippen LogP contribution in [0.5, 0.6) is 0 Å². The van der Waals surface area contributed by atoms with E-state index in [1.165, 1.54) is 37.0 Å². The van der Waals surface area contributed by atoms with Crippen LogP contribution in [-0.4, -0.2) is 22.8 Å². The average molecular weight is 345 g/mol. The Morgan fingerprint density at radius 3 is 2.63 bits per heavy atom. The summed E-state index contributed by atoms with van der Waals surface area (Å²) in [6.07, 6.45) is 5.14. The van der Waals surface area contributed by atoms with Crippen LogP contribution < -0.4 is 5.32 Å². The van der Waals surface area contributed by atoms with E-state index in [2.05, 4.69) is 26.2 Å². The molecule has 1 amide bonds. The van der Waals surface area contributed by atoms with Crippen LogP contribution in [0.2, 0.25) is 0 Å². The fourth-order valence-electron chi connectivity index (χ4n) is 2.80. The number of hydrogen-bond donors (Lipinski definition) is 1. The smallest absolute Gasteiger partial charge is 0.263 e. The molecule has 19 heavy (non-hydrogen) atoms. The van der Waals surface area contributed by atoms with Gasteiger partial charge in [0.25, 0.3) is 5.91 Å². The molecule has 0 aromatic carbocycles. The number of thiazole rings is 1. The topological polar surface area (TPSA) is 42.0 Å². The van der Waals surface area contributed by atoms with Crippen molar-refractivity contribution in [2.24, 2.45) is 11.8 Å². The molecule has 1 N–H and O–H groups in total. The van der Waals surface area contributed by atoms with Crippen molar-refractivity contribution in [3.8, 4) is 0 Å². The first kappa shape index (κ1) is 15.0. The highest BCUT2D eigenvalue weighted by Crippen LogP contribution is 2.31. The van der Waals surface area contributed by atoms with Gasteiger partial charge >= 0.3 is 0 Å². The van der Waals surface area contributed by atoms with Gasteiger partial charge < -0.3 is 5.32 Å². The monoisotopic (exact) mass is 344 g/mol. The number of aryl methyl sites for hydroxylation is 2. The molecule has 5 heteroatoms. The molecule has 0 spiro atoms. The van der Waals surface area contributed by atoms with Gasteiger partial charge in [-0.25, -0.2) is 4.98 Å². The van der Waals surface area contributed by atoms with Crippen molar-refractivity contribution in [3.05, 3.63) is 15.6 Å². The molecule has 3 nitrogen and oxygen atoms in total. The molecule has 0 bridgehead atoms. The molecule has 1 aromatic heterocycles. The molecule has 1 heterocycles. The molecule has 0 aliphatic heterocycles. The first-order valence-corrected chi connectivity index (χ1v) is 8.83. The number of nitrogens with one attached hydrogen (secondary N) is 1. The summed E-state index contributed by atoms with van der Waals surface area (Å²) in [5, 5.41) is 5.10. The first-order valence-electron chi connectivity index (χ1n) is 6.90. The largest absolute Gasteiger partial charge is 0.351 e. The number of hydrogen-bond acceptors (Lipinski definition) is 3. The van der Waals surface area contributed by atoms with Crippen molar-refractivity contribution in [2.45, 2.75) is 39.5 Å². The maximum absolute atomic E-state index is 12.2. The summed E-state index contributed by atoms with van der Waals surface area (Å²) >= 11 is 5.08. The molecule has 1 aromatic rings. The molecule has 0 radical (unpaired) electrons. The minimum absolute atomic E-state index is 0.0435. The molecule has 106 valence electrons. The van der Waals surface area contributed by atoms with E-state index in [9.17, 15) is 4.79 Å². The molecular weight excluding hydrogens is 324 g/mol. The minimum Gasteiger partial charge on any atom is -0.351 e. The second kappa shape index (κ2) is 6.84. The number of amides is 1. The summed E-state index contributed by atoms with van der Waals surface area (Å²) in [6, 6.07) is 0. The molecule has 2 rings (SSSR count). The Kier molecular flexibility index (Phi) is 5.39. The number of alkyl halides is 1. The Morgan fingerprint density at radius 1 is 1.37 bits per heavy atom. The highest BCUT2D eigenvalue weighted by atomic mass is 79.9. The van der Waals surface area contributed by atoms with Gasteiger partial charge in [0.15, 0.2) is 0 Å². The quantitative estimate of drug-likeness (QED) is 0.846. The van der Waals surface area contributed by atoms with Crippen molar-refractivity contribution in [2.75, 3.05) is 11.9 Å². The molecule has 0 saturated heterocycles. The Hall–Kier alpha value is -0.420. The van der Waals surface area contributed by atoms with Crippen LogP contribution in [0.25, 0.3) is 0 Å². The highest BCUT2D eigenvalue weighted by molar-refractivity contribution is 9.09. The van der Waals surface area contributed by atoms with E-state index in [4.69, 9.17) is 0 Å². The zero-order chi connectivity index (χ0) is 13.8. The number of aromatic nitrogens is 1. The van der Waals surface area contributed by atoms with Gasteiger partial charge in [-0.05, 0) is 38.5 Å². The second-order valence-corrected chi connectivity index (χ2v) is 7.17. The number of carbonyl (C=O) groups excluding carboxylic acids is 1. The Morgan fingerprint density at radius 2 is 2.05 bits per heavy atom. The van der Waals surface area contributed by atoms with Crippen LogP contribution >= 0.6 is 27.3 Å². The summed E-state index contributed by atoms with van der Waals surface area (Å²) in [5.41, 5.74) is 0.848. The summed E-state index contributed by atoms with van der Waals surface area (Å²) < 4.78 is 0. The standard InChI is InChI=1S/C14H21BrN2OS/c1-9-13(19-10(2)17-9)14(18)16-8-12-6-4-3-5-11(12)7-15/h11-12H,3-8H2,1-2H3,(H,16,18). The normalized spacial score (nSPS) is 23.3. The maximum Gasteiger partial charge on any atom is 0.263 e. The lowest BCUT2D eigenvalue weighted by molar-refractivity contribution is 0.0940. The summed E-state index contributed by atoms with van der Waals surface area (Å²) in [4.78, 5) is 17.2. The number of carbonyl (C=O) groups is 1. The Balaban J connectivity index is 1.91. The highest BCUT2D eigenvalue weighted by Gasteiger charge is 2.25. The van der Waals surface area contributed by atoms with E-state index in [1.807, 2.05) is 13.8 Å². The summed E-state index contributed by atoms with van der Waals surface area (Å²) in [6.45, 7) is 4.64. The van der Waals surface area contributed by atoms with Crippen LogP contribution in [0, 0.1) is 25.7 Å². The van der Waals surface area contributed by atoms with Crippen molar-refractivity contribution < 1.29 is 4.79 Å². The summed E-state index contributed by atoms with van der Waals surface area (Å²) in [5.74, 6) is 1.37. The third-order valence-corrected chi connectivity index (χ3v) is 5.80. The van der Waals surface area contributed by atoms with E-state index >= 15 is 0 Å². The maximum atomic E-state index is 12.2. The van der Waals surface area contributed by atoms with E-state index in [0.717, 1.165) is 27.5 Å². The molecule has 1 aliphatic rings. The lowest BCUT2D eigenvalue weighted by Crippen LogP contribution is -2.34. The molecule has 1 aliphatic carbocycles. The van der Waals surface area contributed by atoms with Crippen LogP contribution in [0.1, 0.15) is 46.1 Å². The first-order chi connectivity index (χ1) is 9.11. The zero-order valence-corrected chi connectivity index (χ0v) is 13.9. The van der Waals surface area contributed by atoms with Gasteiger partial charge in [0.2, 0.25) is 0 Å². The van der Waals surface area contributed by atoms with Crippen molar-refractivity contribution in [3.63, 3.8) is 0 Å². The predicted molar refractivity (Wildman–Crippen MR) is 83.2 cm³/mol. The minimum atomic E-state index is 0.0435. The van der Waals surface area contributed by atoms with Crippen molar-refractivity contribution in [1.29, 1.82) is 0 Å². The van der Waals surface area contributed by atoms with E-state index < -0.39 is 0 Å². The van der Waals surface area contributed by atoms with Crippen LogP contribution in [0.3, 0.4) is 0 Å². The molecule has 1 saturated carbocycles. The second-order valence-electron chi connectivity index (χ2n) is 5.32. The van der Waals surface area contributed by atoms with Gasteiger partial charge in [-0.2, -0.15) is 0 Å².